The molecule has 138 valence electrons. The molecule has 1 aliphatic heterocycles. The lowest BCUT2D eigenvalue weighted by molar-refractivity contribution is 0.415. The predicted molar refractivity (Wildman–Crippen MR) is 107 cm³/mol. The van der Waals surface area contributed by atoms with E-state index in [-0.39, 0.29) is 0 Å². The molecule has 27 heavy (non-hydrogen) atoms. The maximum absolute atomic E-state index is 5.27. The predicted octanol–water partition coefficient (Wildman–Crippen LogP) is 2.95. The Morgan fingerprint density at radius 2 is 1.74 bits per heavy atom. The first-order valence-electron chi connectivity index (χ1n) is 8.97. The maximum Gasteiger partial charge on any atom is 0.227 e. The van der Waals surface area contributed by atoms with E-state index < -0.39 is 0 Å². The number of benzene rings is 1. The lowest BCUT2D eigenvalue weighted by Gasteiger charge is -2.35. The van der Waals surface area contributed by atoms with Crippen molar-refractivity contribution in [3.8, 4) is 5.75 Å². The third kappa shape index (κ3) is 4.08. The third-order valence-corrected chi connectivity index (χ3v) is 4.52. The molecule has 0 amide bonds. The summed E-state index contributed by atoms with van der Waals surface area (Å²) < 4.78 is 5.27. The van der Waals surface area contributed by atoms with E-state index >= 15 is 0 Å². The molecule has 1 aromatic carbocycles. The molecular weight excluding hydrogens is 340 g/mol. The number of rotatable bonds is 5. The highest BCUT2D eigenvalue weighted by molar-refractivity contribution is 5.59. The van der Waals surface area contributed by atoms with Gasteiger partial charge in [0.05, 0.1) is 7.11 Å². The number of pyridine rings is 1. The van der Waals surface area contributed by atoms with E-state index in [2.05, 4.69) is 30.1 Å². The van der Waals surface area contributed by atoms with Crippen LogP contribution in [-0.4, -0.2) is 48.2 Å². The summed E-state index contributed by atoms with van der Waals surface area (Å²) in [6.45, 7) is 3.51. The molecule has 0 bridgehead atoms. The molecule has 7 heteroatoms. The van der Waals surface area contributed by atoms with Gasteiger partial charge in [-0.1, -0.05) is 12.1 Å². The first-order valence-corrected chi connectivity index (χ1v) is 8.97. The Morgan fingerprint density at radius 3 is 2.52 bits per heavy atom. The maximum atomic E-state index is 5.27. The van der Waals surface area contributed by atoms with E-state index in [1.807, 2.05) is 54.7 Å². The topological polar surface area (TPSA) is 66.4 Å². The van der Waals surface area contributed by atoms with Crippen molar-refractivity contribution in [3.05, 3.63) is 60.9 Å². The van der Waals surface area contributed by atoms with Crippen LogP contribution in [0.2, 0.25) is 0 Å². The van der Waals surface area contributed by atoms with E-state index in [0.29, 0.717) is 0 Å². The zero-order valence-corrected chi connectivity index (χ0v) is 15.2. The number of hydrogen-bond donors (Lipinski definition) is 1. The highest BCUT2D eigenvalue weighted by Crippen LogP contribution is 2.22. The molecule has 3 heterocycles. The molecule has 1 N–H and O–H groups in total. The van der Waals surface area contributed by atoms with Crippen LogP contribution >= 0.6 is 0 Å². The SMILES string of the molecule is COc1cccc(Nc2ccnc(N3CCN(c4ccccn4)CC3)n2)c1. The Hall–Kier alpha value is -3.35. The Morgan fingerprint density at radius 1 is 0.889 bits per heavy atom. The van der Waals surface area contributed by atoms with E-state index in [9.17, 15) is 0 Å². The summed E-state index contributed by atoms with van der Waals surface area (Å²) in [7, 11) is 1.66. The standard InChI is InChI=1S/C20H22N6O/c1-27-17-6-4-5-16(15-17)23-18-8-10-22-20(24-18)26-13-11-25(12-14-26)19-7-2-3-9-21-19/h2-10,15H,11-14H2,1H3,(H,22,23,24). The number of piperazine rings is 1. The van der Waals surface area contributed by atoms with Crippen molar-refractivity contribution in [1.82, 2.24) is 15.0 Å². The van der Waals surface area contributed by atoms with Gasteiger partial charge < -0.3 is 19.9 Å². The van der Waals surface area contributed by atoms with E-state index in [4.69, 9.17) is 4.74 Å². The summed E-state index contributed by atoms with van der Waals surface area (Å²) in [6, 6.07) is 15.7. The van der Waals surface area contributed by atoms with Crippen LogP contribution in [0.4, 0.5) is 23.3 Å². The Balaban J connectivity index is 1.42. The number of anilines is 4. The molecule has 0 radical (unpaired) electrons. The molecule has 1 aliphatic rings. The minimum absolute atomic E-state index is 0.739. The second-order valence-electron chi connectivity index (χ2n) is 6.26. The Labute approximate surface area is 158 Å². The molecule has 0 atom stereocenters. The largest absolute Gasteiger partial charge is 0.497 e. The van der Waals surface area contributed by atoms with Crippen molar-refractivity contribution in [1.29, 1.82) is 0 Å². The van der Waals surface area contributed by atoms with Crippen molar-refractivity contribution in [2.75, 3.05) is 48.4 Å². The van der Waals surface area contributed by atoms with Crippen LogP contribution in [0.3, 0.4) is 0 Å². The molecule has 0 aliphatic carbocycles. The van der Waals surface area contributed by atoms with Gasteiger partial charge in [-0.3, -0.25) is 0 Å². The van der Waals surface area contributed by atoms with Crippen molar-refractivity contribution >= 4 is 23.3 Å². The number of hydrogen-bond acceptors (Lipinski definition) is 7. The summed E-state index contributed by atoms with van der Waals surface area (Å²) in [4.78, 5) is 18.0. The number of nitrogens with zero attached hydrogens (tertiary/aromatic N) is 5. The minimum atomic E-state index is 0.739. The van der Waals surface area contributed by atoms with Gasteiger partial charge in [-0.2, -0.15) is 4.98 Å². The fraction of sp³-hybridized carbons (Fsp3) is 0.250. The first kappa shape index (κ1) is 17.1. The Kier molecular flexibility index (Phi) is 5.00. The minimum Gasteiger partial charge on any atom is -0.497 e. The van der Waals surface area contributed by atoms with Gasteiger partial charge in [0, 0.05) is 50.3 Å². The van der Waals surface area contributed by atoms with Crippen LogP contribution in [-0.2, 0) is 0 Å². The summed E-state index contributed by atoms with van der Waals surface area (Å²) >= 11 is 0. The van der Waals surface area contributed by atoms with Crippen molar-refractivity contribution in [3.63, 3.8) is 0 Å². The average Bonchev–Trinajstić information content (AvgIpc) is 2.75. The highest BCUT2D eigenvalue weighted by Gasteiger charge is 2.20. The van der Waals surface area contributed by atoms with Gasteiger partial charge in [-0.25, -0.2) is 9.97 Å². The molecule has 0 saturated carbocycles. The van der Waals surface area contributed by atoms with Crippen LogP contribution in [0.25, 0.3) is 0 Å². The number of aromatic nitrogens is 3. The Bertz CT molecular complexity index is 880. The van der Waals surface area contributed by atoms with Gasteiger partial charge in [0.1, 0.15) is 17.4 Å². The summed E-state index contributed by atoms with van der Waals surface area (Å²) in [5.74, 6) is 3.33. The highest BCUT2D eigenvalue weighted by atomic mass is 16.5. The molecular formula is C20H22N6O. The van der Waals surface area contributed by atoms with Gasteiger partial charge in [0.25, 0.3) is 0 Å². The van der Waals surface area contributed by atoms with Crippen molar-refractivity contribution in [2.45, 2.75) is 0 Å². The average molecular weight is 362 g/mol. The van der Waals surface area contributed by atoms with E-state index in [0.717, 1.165) is 55.2 Å². The molecule has 7 nitrogen and oxygen atoms in total. The van der Waals surface area contributed by atoms with Gasteiger partial charge >= 0.3 is 0 Å². The second-order valence-corrected chi connectivity index (χ2v) is 6.26. The fourth-order valence-corrected chi connectivity index (χ4v) is 3.10. The van der Waals surface area contributed by atoms with Crippen LogP contribution in [0, 0.1) is 0 Å². The normalized spacial score (nSPS) is 14.1. The van der Waals surface area contributed by atoms with Crippen molar-refractivity contribution < 1.29 is 4.74 Å². The second kappa shape index (κ2) is 7.90. The van der Waals surface area contributed by atoms with Crippen LogP contribution < -0.4 is 19.9 Å². The summed E-state index contributed by atoms with van der Waals surface area (Å²) in [5.41, 5.74) is 0.930. The zero-order chi connectivity index (χ0) is 18.5. The monoisotopic (exact) mass is 362 g/mol. The van der Waals surface area contributed by atoms with Crippen LogP contribution in [0.1, 0.15) is 0 Å². The summed E-state index contributed by atoms with van der Waals surface area (Å²) in [6.07, 6.45) is 3.62. The quantitative estimate of drug-likeness (QED) is 0.748. The van der Waals surface area contributed by atoms with E-state index in [1.54, 1.807) is 13.3 Å². The van der Waals surface area contributed by atoms with Gasteiger partial charge in [0.15, 0.2) is 0 Å². The lowest BCUT2D eigenvalue weighted by Crippen LogP contribution is -2.47. The number of nitrogens with one attached hydrogen (secondary N) is 1. The molecule has 1 fully saturated rings. The number of ether oxygens (including phenoxy) is 1. The molecule has 4 rings (SSSR count). The smallest absolute Gasteiger partial charge is 0.227 e. The molecule has 0 spiro atoms. The van der Waals surface area contributed by atoms with Gasteiger partial charge in [-0.05, 0) is 30.3 Å². The third-order valence-electron chi connectivity index (χ3n) is 4.52. The fourth-order valence-electron chi connectivity index (χ4n) is 3.10. The van der Waals surface area contributed by atoms with E-state index in [1.165, 1.54) is 0 Å². The van der Waals surface area contributed by atoms with Gasteiger partial charge in [-0.15, -0.1) is 0 Å². The lowest BCUT2D eigenvalue weighted by atomic mass is 10.3. The molecule has 1 saturated heterocycles. The van der Waals surface area contributed by atoms with Crippen LogP contribution in [0.15, 0.2) is 60.9 Å². The van der Waals surface area contributed by atoms with Crippen LogP contribution in [0.5, 0.6) is 5.75 Å². The van der Waals surface area contributed by atoms with Crippen molar-refractivity contribution in [2.24, 2.45) is 0 Å². The molecule has 2 aromatic heterocycles. The molecule has 0 unspecified atom stereocenters. The summed E-state index contributed by atoms with van der Waals surface area (Å²) in [5, 5.41) is 3.31. The zero-order valence-electron chi connectivity index (χ0n) is 15.2. The number of methoxy groups -OCH3 is 1. The van der Waals surface area contributed by atoms with Gasteiger partial charge in [0.2, 0.25) is 5.95 Å². The first-order chi connectivity index (χ1) is 13.3. The molecule has 3 aromatic rings.